The van der Waals surface area contributed by atoms with Gasteiger partial charge in [0.2, 0.25) is 5.91 Å². The van der Waals surface area contributed by atoms with Gasteiger partial charge in [0.1, 0.15) is 17.3 Å². The zero-order chi connectivity index (χ0) is 18.0. The minimum Gasteiger partial charge on any atom is -0.497 e. The Morgan fingerprint density at radius 1 is 1.16 bits per heavy atom. The van der Waals surface area contributed by atoms with Crippen LogP contribution in [0.1, 0.15) is 5.56 Å². The number of amides is 1. The molecule has 0 unspecified atom stereocenters. The average molecular weight is 409 g/mol. The molecule has 0 atom stereocenters. The molecule has 132 valence electrons. The van der Waals surface area contributed by atoms with Gasteiger partial charge in [-0.25, -0.2) is 4.39 Å². The summed E-state index contributed by atoms with van der Waals surface area (Å²) in [6, 6.07) is 10.2. The second-order valence-corrected chi connectivity index (χ2v) is 6.64. The van der Waals surface area contributed by atoms with Crippen LogP contribution in [0.3, 0.4) is 0 Å². The summed E-state index contributed by atoms with van der Waals surface area (Å²) < 4.78 is 25.4. The SMILES string of the molecule is COc1ccc(CN2CC(=O)N(c3ccc(Br)cc3F)C2)c(OC)c1. The van der Waals surface area contributed by atoms with Gasteiger partial charge in [-0.3, -0.25) is 14.6 Å². The number of carbonyl (C=O) groups is 1. The maximum atomic E-state index is 14.2. The summed E-state index contributed by atoms with van der Waals surface area (Å²) in [6.45, 7) is 1.07. The molecule has 5 nitrogen and oxygen atoms in total. The number of hydrogen-bond acceptors (Lipinski definition) is 4. The molecule has 1 heterocycles. The minimum atomic E-state index is -0.424. The molecule has 1 saturated heterocycles. The molecular formula is C18H18BrFN2O3. The van der Waals surface area contributed by atoms with Crippen molar-refractivity contribution in [3.05, 3.63) is 52.3 Å². The van der Waals surface area contributed by atoms with Gasteiger partial charge in [0.25, 0.3) is 0 Å². The number of halogens is 2. The highest BCUT2D eigenvalue weighted by Gasteiger charge is 2.30. The van der Waals surface area contributed by atoms with Gasteiger partial charge in [-0.1, -0.05) is 22.0 Å². The molecule has 0 spiro atoms. The van der Waals surface area contributed by atoms with Crippen molar-refractivity contribution < 1.29 is 18.7 Å². The number of benzene rings is 2. The Morgan fingerprint density at radius 3 is 2.64 bits per heavy atom. The molecule has 2 aromatic rings. The summed E-state index contributed by atoms with van der Waals surface area (Å²) in [6.07, 6.45) is 0. The van der Waals surface area contributed by atoms with Gasteiger partial charge in [-0.05, 0) is 24.3 Å². The van der Waals surface area contributed by atoms with Gasteiger partial charge >= 0.3 is 0 Å². The first-order chi connectivity index (χ1) is 12.0. The topological polar surface area (TPSA) is 42.0 Å². The molecule has 1 aliphatic rings. The predicted molar refractivity (Wildman–Crippen MR) is 96.4 cm³/mol. The van der Waals surface area contributed by atoms with Gasteiger partial charge in [-0.15, -0.1) is 0 Å². The van der Waals surface area contributed by atoms with Crippen LogP contribution in [0.4, 0.5) is 10.1 Å². The third-order valence-electron chi connectivity index (χ3n) is 4.09. The van der Waals surface area contributed by atoms with Crippen molar-refractivity contribution >= 4 is 27.5 Å². The second-order valence-electron chi connectivity index (χ2n) is 5.72. The van der Waals surface area contributed by atoms with Crippen molar-refractivity contribution in [3.8, 4) is 11.5 Å². The Kier molecular flexibility index (Phi) is 5.24. The van der Waals surface area contributed by atoms with Crippen LogP contribution in [0.5, 0.6) is 11.5 Å². The van der Waals surface area contributed by atoms with Crippen molar-refractivity contribution in [3.63, 3.8) is 0 Å². The number of ether oxygens (including phenoxy) is 2. The molecule has 0 N–H and O–H groups in total. The van der Waals surface area contributed by atoms with E-state index in [4.69, 9.17) is 9.47 Å². The highest BCUT2D eigenvalue weighted by molar-refractivity contribution is 9.10. The normalized spacial score (nSPS) is 14.9. The second kappa shape index (κ2) is 7.41. The lowest BCUT2D eigenvalue weighted by Gasteiger charge is -2.20. The van der Waals surface area contributed by atoms with Crippen molar-refractivity contribution in [1.29, 1.82) is 0 Å². The van der Waals surface area contributed by atoms with Gasteiger partial charge in [0.05, 0.1) is 33.1 Å². The van der Waals surface area contributed by atoms with E-state index in [1.54, 1.807) is 32.4 Å². The van der Waals surface area contributed by atoms with Crippen LogP contribution in [0, 0.1) is 5.82 Å². The Labute approximate surface area is 154 Å². The van der Waals surface area contributed by atoms with Gasteiger partial charge in [0, 0.05) is 22.6 Å². The summed E-state index contributed by atoms with van der Waals surface area (Å²) in [5, 5.41) is 0. The minimum absolute atomic E-state index is 0.131. The molecule has 0 aromatic heterocycles. The molecule has 0 bridgehead atoms. The smallest absolute Gasteiger partial charge is 0.242 e. The zero-order valence-corrected chi connectivity index (χ0v) is 15.5. The Balaban J connectivity index is 1.77. The third-order valence-corrected chi connectivity index (χ3v) is 4.58. The van der Waals surface area contributed by atoms with E-state index in [1.807, 2.05) is 17.0 Å². The molecule has 1 fully saturated rings. The molecular weight excluding hydrogens is 391 g/mol. The molecule has 25 heavy (non-hydrogen) atoms. The van der Waals surface area contributed by atoms with Crippen LogP contribution < -0.4 is 14.4 Å². The molecule has 7 heteroatoms. The Bertz CT molecular complexity index is 800. The summed E-state index contributed by atoms with van der Waals surface area (Å²) in [5.74, 6) is 0.844. The lowest BCUT2D eigenvalue weighted by atomic mass is 10.2. The molecule has 2 aromatic carbocycles. The van der Waals surface area contributed by atoms with E-state index in [9.17, 15) is 9.18 Å². The number of nitrogens with zero attached hydrogens (tertiary/aromatic N) is 2. The quantitative estimate of drug-likeness (QED) is 0.759. The lowest BCUT2D eigenvalue weighted by molar-refractivity contribution is -0.116. The molecule has 0 saturated carbocycles. The number of anilines is 1. The maximum absolute atomic E-state index is 14.2. The van der Waals surface area contributed by atoms with E-state index in [1.165, 1.54) is 11.0 Å². The first-order valence-corrected chi connectivity index (χ1v) is 8.50. The summed E-state index contributed by atoms with van der Waals surface area (Å²) >= 11 is 3.23. The maximum Gasteiger partial charge on any atom is 0.242 e. The van der Waals surface area contributed by atoms with Crippen LogP contribution in [0.15, 0.2) is 40.9 Å². The first kappa shape index (κ1) is 17.7. The van der Waals surface area contributed by atoms with E-state index in [0.29, 0.717) is 29.2 Å². The van der Waals surface area contributed by atoms with Crippen LogP contribution in [0.25, 0.3) is 0 Å². The molecule has 1 aliphatic heterocycles. The fraction of sp³-hybridized carbons (Fsp3) is 0.278. The lowest BCUT2D eigenvalue weighted by Crippen LogP contribution is -2.27. The Morgan fingerprint density at radius 2 is 1.96 bits per heavy atom. The monoisotopic (exact) mass is 408 g/mol. The Hall–Kier alpha value is -2.12. The first-order valence-electron chi connectivity index (χ1n) is 7.70. The van der Waals surface area contributed by atoms with Gasteiger partial charge in [-0.2, -0.15) is 0 Å². The van der Waals surface area contributed by atoms with Crippen LogP contribution >= 0.6 is 15.9 Å². The highest BCUT2D eigenvalue weighted by Crippen LogP contribution is 2.29. The van der Waals surface area contributed by atoms with E-state index in [-0.39, 0.29) is 18.1 Å². The largest absolute Gasteiger partial charge is 0.497 e. The zero-order valence-electron chi connectivity index (χ0n) is 14.0. The van der Waals surface area contributed by atoms with E-state index in [2.05, 4.69) is 15.9 Å². The van der Waals surface area contributed by atoms with E-state index >= 15 is 0 Å². The van der Waals surface area contributed by atoms with Gasteiger partial charge < -0.3 is 9.47 Å². The fourth-order valence-electron chi connectivity index (χ4n) is 2.85. The van der Waals surface area contributed by atoms with E-state index < -0.39 is 5.82 Å². The van der Waals surface area contributed by atoms with E-state index in [0.717, 1.165) is 5.56 Å². The number of hydrogen-bond donors (Lipinski definition) is 0. The van der Waals surface area contributed by atoms with Crippen LogP contribution in [-0.2, 0) is 11.3 Å². The number of rotatable bonds is 5. The highest BCUT2D eigenvalue weighted by atomic mass is 79.9. The fourth-order valence-corrected chi connectivity index (χ4v) is 3.18. The predicted octanol–water partition coefficient (Wildman–Crippen LogP) is 3.41. The van der Waals surface area contributed by atoms with Crippen LogP contribution in [-0.4, -0.2) is 38.2 Å². The molecule has 0 radical (unpaired) electrons. The molecule has 0 aliphatic carbocycles. The van der Waals surface area contributed by atoms with Gasteiger partial charge in [0.15, 0.2) is 0 Å². The number of carbonyl (C=O) groups excluding carboxylic acids is 1. The molecule has 3 rings (SSSR count). The summed E-state index contributed by atoms with van der Waals surface area (Å²) in [5.41, 5.74) is 1.23. The summed E-state index contributed by atoms with van der Waals surface area (Å²) in [7, 11) is 3.19. The molecule has 1 amide bonds. The average Bonchev–Trinajstić information content (AvgIpc) is 2.95. The van der Waals surface area contributed by atoms with Crippen molar-refractivity contribution in [1.82, 2.24) is 4.90 Å². The van der Waals surface area contributed by atoms with Crippen molar-refractivity contribution in [2.45, 2.75) is 6.54 Å². The van der Waals surface area contributed by atoms with Crippen LogP contribution in [0.2, 0.25) is 0 Å². The standard InChI is InChI=1S/C18H18BrFN2O3/c1-24-14-5-3-12(17(8-14)25-2)9-21-10-18(23)22(11-21)16-6-4-13(19)7-15(16)20/h3-8H,9-11H2,1-2H3. The van der Waals surface area contributed by atoms with Crippen molar-refractivity contribution in [2.75, 3.05) is 32.3 Å². The third kappa shape index (κ3) is 3.77. The van der Waals surface area contributed by atoms with Crippen molar-refractivity contribution in [2.24, 2.45) is 0 Å². The number of methoxy groups -OCH3 is 2. The summed E-state index contributed by atoms with van der Waals surface area (Å²) in [4.78, 5) is 15.7.